The molecule has 0 bridgehead atoms. The molecular weight excluding hydrogens is 332 g/mol. The van der Waals surface area contributed by atoms with Gasteiger partial charge >= 0.3 is 0 Å². The Morgan fingerprint density at radius 2 is 1.30 bits per heavy atom. The van der Waals surface area contributed by atoms with Crippen LogP contribution in [0.4, 0.5) is 0 Å². The van der Waals surface area contributed by atoms with E-state index in [0.29, 0.717) is 0 Å². The van der Waals surface area contributed by atoms with Gasteiger partial charge in [-0.3, -0.25) is 0 Å². The lowest BCUT2D eigenvalue weighted by atomic mass is 9.90. The maximum absolute atomic E-state index is 10.4. The van der Waals surface area contributed by atoms with Crippen LogP contribution in [0, 0.1) is 0 Å². The lowest BCUT2D eigenvalue weighted by molar-refractivity contribution is 0.417. The quantitative estimate of drug-likeness (QED) is 0.367. The highest BCUT2D eigenvalue weighted by molar-refractivity contribution is 6.18. The molecule has 0 aliphatic rings. The van der Waals surface area contributed by atoms with E-state index >= 15 is 0 Å². The van der Waals surface area contributed by atoms with Crippen molar-refractivity contribution in [3.8, 4) is 22.6 Å². The minimum Gasteiger partial charge on any atom is -0.508 e. The molecule has 5 aromatic carbocycles. The molecule has 0 saturated heterocycles. The average Bonchev–Trinajstić information content (AvgIpc) is 2.72. The minimum absolute atomic E-state index is 0.253. The highest BCUT2D eigenvalue weighted by Crippen LogP contribution is 2.44. The van der Waals surface area contributed by atoms with Gasteiger partial charge in [0.1, 0.15) is 11.5 Å². The molecule has 0 amide bonds. The second kappa shape index (κ2) is 6.03. The van der Waals surface area contributed by atoms with Crippen LogP contribution in [0.3, 0.4) is 0 Å². The maximum Gasteiger partial charge on any atom is 0.127 e. The molecule has 1 N–H and O–H groups in total. The summed E-state index contributed by atoms with van der Waals surface area (Å²) in [6, 6.07) is 28.5. The van der Waals surface area contributed by atoms with Crippen LogP contribution in [-0.2, 0) is 0 Å². The van der Waals surface area contributed by atoms with E-state index in [1.165, 1.54) is 10.8 Å². The molecule has 27 heavy (non-hydrogen) atoms. The number of methoxy groups -OCH3 is 1. The third-order valence-corrected chi connectivity index (χ3v) is 5.21. The van der Waals surface area contributed by atoms with Crippen molar-refractivity contribution in [3.63, 3.8) is 0 Å². The third kappa shape index (κ3) is 2.42. The lowest BCUT2D eigenvalue weighted by Crippen LogP contribution is -1.92. The molecule has 0 aliphatic heterocycles. The van der Waals surface area contributed by atoms with Crippen LogP contribution in [0.5, 0.6) is 11.5 Å². The van der Waals surface area contributed by atoms with Crippen LogP contribution in [0.1, 0.15) is 0 Å². The van der Waals surface area contributed by atoms with E-state index in [1.807, 2.05) is 36.4 Å². The fourth-order valence-electron chi connectivity index (χ4n) is 4.03. The number of rotatable bonds is 2. The first-order chi connectivity index (χ1) is 13.3. The topological polar surface area (TPSA) is 29.5 Å². The number of hydrogen-bond acceptors (Lipinski definition) is 2. The Hall–Kier alpha value is -3.52. The van der Waals surface area contributed by atoms with E-state index in [9.17, 15) is 5.11 Å². The Kier molecular flexibility index (Phi) is 3.51. The van der Waals surface area contributed by atoms with Gasteiger partial charge in [-0.1, -0.05) is 66.7 Å². The molecule has 130 valence electrons. The molecule has 0 saturated carbocycles. The SMILES string of the molecule is COc1ccc2ccccc2c1-c1cc(O)cc2ccc3ccccc3c12. The molecule has 0 radical (unpaired) electrons. The zero-order valence-corrected chi connectivity index (χ0v) is 14.9. The second-order valence-corrected chi connectivity index (χ2v) is 6.74. The number of phenols is 1. The Labute approximate surface area is 157 Å². The van der Waals surface area contributed by atoms with Crippen molar-refractivity contribution >= 4 is 32.3 Å². The Bertz CT molecular complexity index is 1320. The van der Waals surface area contributed by atoms with Gasteiger partial charge in [0, 0.05) is 5.56 Å². The number of phenolic OH excluding ortho intramolecular Hbond substituents is 1. The van der Waals surface area contributed by atoms with Crippen LogP contribution in [0.25, 0.3) is 43.4 Å². The zero-order chi connectivity index (χ0) is 18.4. The predicted octanol–water partition coefficient (Wildman–Crippen LogP) is 6.53. The molecule has 2 heteroatoms. The van der Waals surface area contributed by atoms with Crippen molar-refractivity contribution in [1.82, 2.24) is 0 Å². The summed E-state index contributed by atoms with van der Waals surface area (Å²) >= 11 is 0. The summed E-state index contributed by atoms with van der Waals surface area (Å²) in [6.07, 6.45) is 0. The Morgan fingerprint density at radius 3 is 2.07 bits per heavy atom. The number of benzene rings is 5. The monoisotopic (exact) mass is 350 g/mol. The number of aromatic hydroxyl groups is 1. The van der Waals surface area contributed by atoms with Crippen LogP contribution in [0.2, 0.25) is 0 Å². The molecule has 5 rings (SSSR count). The van der Waals surface area contributed by atoms with Crippen molar-refractivity contribution in [2.24, 2.45) is 0 Å². The molecule has 0 aromatic heterocycles. The fourth-order valence-corrected chi connectivity index (χ4v) is 4.03. The average molecular weight is 350 g/mol. The molecule has 2 nitrogen and oxygen atoms in total. The van der Waals surface area contributed by atoms with Gasteiger partial charge in [-0.25, -0.2) is 0 Å². The normalized spacial score (nSPS) is 11.3. The van der Waals surface area contributed by atoms with Gasteiger partial charge in [0.05, 0.1) is 7.11 Å². The van der Waals surface area contributed by atoms with Gasteiger partial charge in [0.2, 0.25) is 0 Å². The van der Waals surface area contributed by atoms with E-state index in [4.69, 9.17) is 4.74 Å². The maximum atomic E-state index is 10.4. The lowest BCUT2D eigenvalue weighted by Gasteiger charge is -2.16. The van der Waals surface area contributed by atoms with Crippen LogP contribution < -0.4 is 4.74 Å². The molecule has 0 unspecified atom stereocenters. The van der Waals surface area contributed by atoms with E-state index in [2.05, 4.69) is 48.5 Å². The van der Waals surface area contributed by atoms with E-state index in [1.54, 1.807) is 7.11 Å². The summed E-state index contributed by atoms with van der Waals surface area (Å²) in [5.41, 5.74) is 1.99. The first kappa shape index (κ1) is 15.7. The van der Waals surface area contributed by atoms with Gasteiger partial charge in [0.15, 0.2) is 0 Å². The van der Waals surface area contributed by atoms with Crippen LogP contribution in [0.15, 0.2) is 84.9 Å². The molecule has 0 fully saturated rings. The summed E-state index contributed by atoms with van der Waals surface area (Å²) < 4.78 is 5.73. The summed E-state index contributed by atoms with van der Waals surface area (Å²) in [5, 5.41) is 17.2. The number of hydrogen-bond donors (Lipinski definition) is 1. The van der Waals surface area contributed by atoms with Crippen LogP contribution in [-0.4, -0.2) is 12.2 Å². The van der Waals surface area contributed by atoms with Crippen molar-refractivity contribution in [2.45, 2.75) is 0 Å². The standard InChI is InChI=1S/C25H18O2/c1-27-23-13-12-17-7-3-5-9-21(17)25(23)22-15-19(26)14-18-11-10-16-6-2-4-8-20(16)24(18)22/h2-15,26H,1H3. The van der Waals surface area contributed by atoms with E-state index in [0.717, 1.165) is 38.4 Å². The number of fused-ring (bicyclic) bond motifs is 4. The summed E-state index contributed by atoms with van der Waals surface area (Å²) in [6.45, 7) is 0. The summed E-state index contributed by atoms with van der Waals surface area (Å²) in [5.74, 6) is 1.05. The molecule has 5 aromatic rings. The summed E-state index contributed by atoms with van der Waals surface area (Å²) in [4.78, 5) is 0. The highest BCUT2D eigenvalue weighted by atomic mass is 16.5. The fraction of sp³-hybridized carbons (Fsp3) is 0.0400. The van der Waals surface area contributed by atoms with Gasteiger partial charge in [0.25, 0.3) is 0 Å². The first-order valence-corrected chi connectivity index (χ1v) is 8.97. The summed E-state index contributed by atoms with van der Waals surface area (Å²) in [7, 11) is 1.69. The van der Waals surface area contributed by atoms with Crippen molar-refractivity contribution in [1.29, 1.82) is 0 Å². The second-order valence-electron chi connectivity index (χ2n) is 6.74. The van der Waals surface area contributed by atoms with Crippen molar-refractivity contribution < 1.29 is 9.84 Å². The third-order valence-electron chi connectivity index (χ3n) is 5.21. The zero-order valence-electron chi connectivity index (χ0n) is 14.9. The Balaban J connectivity index is 2.03. The smallest absolute Gasteiger partial charge is 0.127 e. The molecule has 0 spiro atoms. The Morgan fingerprint density at radius 1 is 0.667 bits per heavy atom. The van der Waals surface area contributed by atoms with Crippen molar-refractivity contribution in [3.05, 3.63) is 84.9 Å². The minimum atomic E-state index is 0.253. The van der Waals surface area contributed by atoms with E-state index in [-0.39, 0.29) is 5.75 Å². The van der Waals surface area contributed by atoms with Crippen LogP contribution >= 0.6 is 0 Å². The highest BCUT2D eigenvalue weighted by Gasteiger charge is 2.16. The van der Waals surface area contributed by atoms with Crippen molar-refractivity contribution in [2.75, 3.05) is 7.11 Å². The largest absolute Gasteiger partial charge is 0.508 e. The number of ether oxygens (including phenoxy) is 1. The van der Waals surface area contributed by atoms with Gasteiger partial charge < -0.3 is 9.84 Å². The van der Waals surface area contributed by atoms with Gasteiger partial charge in [-0.15, -0.1) is 0 Å². The van der Waals surface area contributed by atoms with Gasteiger partial charge in [-0.2, -0.15) is 0 Å². The molecule has 0 aliphatic carbocycles. The molecule has 0 heterocycles. The first-order valence-electron chi connectivity index (χ1n) is 8.97. The molecule has 0 atom stereocenters. The molecular formula is C25H18O2. The van der Waals surface area contributed by atoms with E-state index < -0.39 is 0 Å². The van der Waals surface area contributed by atoms with Gasteiger partial charge in [-0.05, 0) is 56.1 Å². The predicted molar refractivity (Wildman–Crippen MR) is 113 cm³/mol.